The molecule has 1 atom stereocenters. The molecule has 2 heterocycles. The van der Waals surface area contributed by atoms with Crippen LogP contribution in [0, 0.1) is 0 Å². The van der Waals surface area contributed by atoms with Gasteiger partial charge in [0.2, 0.25) is 0 Å². The van der Waals surface area contributed by atoms with Crippen LogP contribution in [0.25, 0.3) is 11.3 Å². The lowest BCUT2D eigenvalue weighted by molar-refractivity contribution is 0.415. The molecule has 5 heteroatoms. The summed E-state index contributed by atoms with van der Waals surface area (Å²) in [7, 11) is 1.69. The molecule has 0 aliphatic carbocycles. The average Bonchev–Trinajstić information content (AvgIpc) is 2.98. The Labute approximate surface area is 121 Å². The van der Waals surface area contributed by atoms with Gasteiger partial charge < -0.3 is 10.1 Å². The molecule has 0 saturated carbocycles. The summed E-state index contributed by atoms with van der Waals surface area (Å²) in [6.07, 6.45) is 0. The molecule has 19 heavy (non-hydrogen) atoms. The predicted octanol–water partition coefficient (Wildman–Crippen LogP) is 3.20. The Bertz CT molecular complexity index is 550. The summed E-state index contributed by atoms with van der Waals surface area (Å²) in [6.45, 7) is 1.07. The Balaban J connectivity index is 1.83. The first-order chi connectivity index (χ1) is 9.36. The van der Waals surface area contributed by atoms with Crippen LogP contribution in [0.4, 0.5) is 0 Å². The lowest BCUT2D eigenvalue weighted by Crippen LogP contribution is -2.30. The van der Waals surface area contributed by atoms with Gasteiger partial charge in [0.15, 0.2) is 0 Å². The molecule has 0 amide bonds. The maximum atomic E-state index is 5.26. The minimum atomic E-state index is 0.406. The molecule has 1 unspecified atom stereocenters. The van der Waals surface area contributed by atoms with E-state index in [4.69, 9.17) is 9.72 Å². The summed E-state index contributed by atoms with van der Waals surface area (Å²) in [6, 6.07) is 8.47. The standard InChI is InChI=1S/C14H16N2OS2/c1-17-11-4-2-3-10(7-11)12-9-19-14(16-12)13-8-18-6-5-15-13/h2-4,7,9,13,15H,5-6,8H2,1H3. The van der Waals surface area contributed by atoms with Gasteiger partial charge in [0.05, 0.1) is 18.8 Å². The van der Waals surface area contributed by atoms with E-state index in [0.717, 1.165) is 29.3 Å². The molecule has 1 aliphatic rings. The number of hydrogen-bond acceptors (Lipinski definition) is 5. The number of nitrogens with zero attached hydrogens (tertiary/aromatic N) is 1. The van der Waals surface area contributed by atoms with E-state index in [2.05, 4.69) is 16.8 Å². The van der Waals surface area contributed by atoms with Crippen LogP contribution in [0.15, 0.2) is 29.6 Å². The van der Waals surface area contributed by atoms with Crippen LogP contribution < -0.4 is 10.1 Å². The molecule has 0 bridgehead atoms. The first-order valence-corrected chi connectivity index (χ1v) is 8.31. The van der Waals surface area contributed by atoms with Crippen LogP contribution >= 0.6 is 23.1 Å². The monoisotopic (exact) mass is 292 g/mol. The molecule has 3 rings (SSSR count). The topological polar surface area (TPSA) is 34.1 Å². The van der Waals surface area contributed by atoms with Crippen molar-refractivity contribution in [2.45, 2.75) is 6.04 Å². The fourth-order valence-corrected chi connectivity index (χ4v) is 4.04. The third-order valence-corrected chi connectivity index (χ3v) is 5.13. The highest BCUT2D eigenvalue weighted by molar-refractivity contribution is 7.99. The number of hydrogen-bond donors (Lipinski definition) is 1. The fraction of sp³-hybridized carbons (Fsp3) is 0.357. The second kappa shape index (κ2) is 5.94. The SMILES string of the molecule is COc1cccc(-c2csc(C3CSCCN3)n2)c1. The van der Waals surface area contributed by atoms with Gasteiger partial charge >= 0.3 is 0 Å². The Morgan fingerprint density at radius 3 is 3.16 bits per heavy atom. The third-order valence-electron chi connectivity index (χ3n) is 3.11. The van der Waals surface area contributed by atoms with E-state index in [0.29, 0.717) is 6.04 Å². The first kappa shape index (κ1) is 13.0. The molecule has 3 nitrogen and oxygen atoms in total. The van der Waals surface area contributed by atoms with Gasteiger partial charge in [-0.2, -0.15) is 11.8 Å². The van der Waals surface area contributed by atoms with Gasteiger partial charge in [0, 0.05) is 29.0 Å². The van der Waals surface area contributed by atoms with Gasteiger partial charge in [-0.1, -0.05) is 12.1 Å². The maximum absolute atomic E-state index is 5.26. The molecule has 1 aromatic carbocycles. The van der Waals surface area contributed by atoms with Crippen LogP contribution in [0.5, 0.6) is 5.75 Å². The van der Waals surface area contributed by atoms with Crippen molar-refractivity contribution in [3.8, 4) is 17.0 Å². The van der Waals surface area contributed by atoms with Crippen molar-refractivity contribution in [1.82, 2.24) is 10.3 Å². The summed E-state index contributed by atoms with van der Waals surface area (Å²) >= 11 is 3.73. The fourth-order valence-electron chi connectivity index (χ4n) is 2.09. The summed E-state index contributed by atoms with van der Waals surface area (Å²) < 4.78 is 5.26. The van der Waals surface area contributed by atoms with Crippen molar-refractivity contribution in [2.75, 3.05) is 25.2 Å². The van der Waals surface area contributed by atoms with E-state index in [1.54, 1.807) is 18.4 Å². The minimum absolute atomic E-state index is 0.406. The zero-order chi connectivity index (χ0) is 13.1. The Morgan fingerprint density at radius 1 is 1.42 bits per heavy atom. The first-order valence-electron chi connectivity index (χ1n) is 6.28. The number of aromatic nitrogens is 1. The Hall–Kier alpha value is -1.04. The van der Waals surface area contributed by atoms with E-state index >= 15 is 0 Å². The van der Waals surface area contributed by atoms with Crippen molar-refractivity contribution >= 4 is 23.1 Å². The van der Waals surface area contributed by atoms with Crippen LogP contribution in [-0.4, -0.2) is 30.1 Å². The molecule has 1 N–H and O–H groups in total. The Morgan fingerprint density at radius 2 is 2.37 bits per heavy atom. The number of thioether (sulfide) groups is 1. The molecule has 1 aliphatic heterocycles. The quantitative estimate of drug-likeness (QED) is 0.942. The van der Waals surface area contributed by atoms with Crippen LogP contribution in [-0.2, 0) is 0 Å². The molecule has 1 fully saturated rings. The maximum Gasteiger partial charge on any atom is 0.119 e. The summed E-state index contributed by atoms with van der Waals surface area (Å²) in [5.41, 5.74) is 2.15. The van der Waals surface area contributed by atoms with Crippen LogP contribution in [0.3, 0.4) is 0 Å². The lowest BCUT2D eigenvalue weighted by atomic mass is 10.1. The highest BCUT2D eigenvalue weighted by Gasteiger charge is 2.18. The lowest BCUT2D eigenvalue weighted by Gasteiger charge is -2.20. The van der Waals surface area contributed by atoms with Crippen molar-refractivity contribution in [3.63, 3.8) is 0 Å². The molecular weight excluding hydrogens is 276 g/mol. The van der Waals surface area contributed by atoms with Gasteiger partial charge in [0.1, 0.15) is 10.8 Å². The van der Waals surface area contributed by atoms with Gasteiger partial charge in [-0.15, -0.1) is 11.3 Å². The number of thiazole rings is 1. The van der Waals surface area contributed by atoms with E-state index in [-0.39, 0.29) is 0 Å². The molecule has 100 valence electrons. The number of methoxy groups -OCH3 is 1. The zero-order valence-electron chi connectivity index (χ0n) is 10.8. The van der Waals surface area contributed by atoms with E-state index in [1.807, 2.05) is 30.0 Å². The summed E-state index contributed by atoms with van der Waals surface area (Å²) in [5, 5.41) is 6.84. The largest absolute Gasteiger partial charge is 0.497 e. The van der Waals surface area contributed by atoms with Gasteiger partial charge in [-0.25, -0.2) is 4.98 Å². The van der Waals surface area contributed by atoms with Crippen molar-refractivity contribution in [2.24, 2.45) is 0 Å². The predicted molar refractivity (Wildman–Crippen MR) is 82.2 cm³/mol. The normalized spacial score (nSPS) is 19.3. The van der Waals surface area contributed by atoms with Crippen molar-refractivity contribution < 1.29 is 4.74 Å². The van der Waals surface area contributed by atoms with Crippen LogP contribution in [0.1, 0.15) is 11.0 Å². The second-order valence-corrected chi connectivity index (χ2v) is 6.42. The molecule has 0 radical (unpaired) electrons. The van der Waals surface area contributed by atoms with Crippen molar-refractivity contribution in [1.29, 1.82) is 0 Å². The Kier molecular flexibility index (Phi) is 4.06. The zero-order valence-corrected chi connectivity index (χ0v) is 12.4. The van der Waals surface area contributed by atoms with E-state index in [1.165, 1.54) is 10.8 Å². The molecule has 0 spiro atoms. The molecule has 2 aromatic rings. The number of rotatable bonds is 3. The van der Waals surface area contributed by atoms with Gasteiger partial charge in [-0.05, 0) is 12.1 Å². The summed E-state index contributed by atoms with van der Waals surface area (Å²) in [4.78, 5) is 4.77. The minimum Gasteiger partial charge on any atom is -0.497 e. The number of benzene rings is 1. The van der Waals surface area contributed by atoms with E-state index < -0.39 is 0 Å². The average molecular weight is 292 g/mol. The molecular formula is C14H16N2OS2. The van der Waals surface area contributed by atoms with E-state index in [9.17, 15) is 0 Å². The van der Waals surface area contributed by atoms with Crippen LogP contribution in [0.2, 0.25) is 0 Å². The summed E-state index contributed by atoms with van der Waals surface area (Å²) in [5.74, 6) is 3.19. The second-order valence-electron chi connectivity index (χ2n) is 4.38. The van der Waals surface area contributed by atoms with Gasteiger partial charge in [0.25, 0.3) is 0 Å². The highest BCUT2D eigenvalue weighted by Crippen LogP contribution is 2.30. The third kappa shape index (κ3) is 2.94. The molecule has 1 saturated heterocycles. The number of nitrogens with one attached hydrogen (secondary N) is 1. The highest BCUT2D eigenvalue weighted by atomic mass is 32.2. The van der Waals surface area contributed by atoms with Gasteiger partial charge in [-0.3, -0.25) is 0 Å². The number of ether oxygens (including phenoxy) is 1. The molecule has 1 aromatic heterocycles. The van der Waals surface area contributed by atoms with Crippen molar-refractivity contribution in [3.05, 3.63) is 34.7 Å². The smallest absolute Gasteiger partial charge is 0.119 e.